The zero-order valence-electron chi connectivity index (χ0n) is 15.7. The fourth-order valence-electron chi connectivity index (χ4n) is 3.18. The second-order valence-corrected chi connectivity index (χ2v) is 7.89. The Kier molecular flexibility index (Phi) is 6.40. The summed E-state index contributed by atoms with van der Waals surface area (Å²) in [4.78, 5) is 37.6. The Morgan fingerprint density at radius 3 is 2.65 bits per heavy atom. The maximum absolute atomic E-state index is 12.4. The number of amides is 2. The molecule has 1 saturated heterocycles. The molecule has 6 nitrogen and oxygen atoms in total. The number of piperidine rings is 1. The molecule has 2 rings (SSSR count). The van der Waals surface area contributed by atoms with Gasteiger partial charge in [-0.15, -0.1) is 0 Å². The zero-order valence-corrected chi connectivity index (χ0v) is 15.7. The van der Waals surface area contributed by atoms with Crippen LogP contribution < -0.4 is 5.32 Å². The van der Waals surface area contributed by atoms with Gasteiger partial charge in [0.2, 0.25) is 11.8 Å². The number of nitrogens with one attached hydrogen (secondary N) is 1. The highest BCUT2D eigenvalue weighted by atomic mass is 16.4. The van der Waals surface area contributed by atoms with Crippen molar-refractivity contribution in [1.82, 2.24) is 10.2 Å². The molecule has 0 aromatic heterocycles. The van der Waals surface area contributed by atoms with Crippen molar-refractivity contribution in [1.29, 1.82) is 0 Å². The molecular formula is C20H28N2O4. The van der Waals surface area contributed by atoms with E-state index in [1.807, 2.05) is 26.8 Å². The van der Waals surface area contributed by atoms with Crippen molar-refractivity contribution in [3.63, 3.8) is 0 Å². The number of carboxylic acids is 1. The maximum atomic E-state index is 12.4. The summed E-state index contributed by atoms with van der Waals surface area (Å²) in [5.41, 5.74) is 0.684. The summed E-state index contributed by atoms with van der Waals surface area (Å²) in [6, 6.07) is 6.73. The van der Waals surface area contributed by atoms with E-state index < -0.39 is 11.4 Å². The molecule has 1 heterocycles. The molecule has 1 aromatic carbocycles. The molecule has 0 aliphatic carbocycles. The number of hydrogen-bond donors (Lipinski definition) is 2. The Balaban J connectivity index is 1.85. The summed E-state index contributed by atoms with van der Waals surface area (Å²) in [6.45, 7) is 7.31. The monoisotopic (exact) mass is 360 g/mol. The first-order valence-corrected chi connectivity index (χ1v) is 9.08. The van der Waals surface area contributed by atoms with Gasteiger partial charge in [-0.25, -0.2) is 4.79 Å². The van der Waals surface area contributed by atoms with Gasteiger partial charge in [-0.1, -0.05) is 32.9 Å². The number of benzene rings is 1. The van der Waals surface area contributed by atoms with Gasteiger partial charge < -0.3 is 15.3 Å². The van der Waals surface area contributed by atoms with Crippen LogP contribution in [0.1, 0.15) is 49.5 Å². The van der Waals surface area contributed by atoms with Gasteiger partial charge in [0.15, 0.2) is 0 Å². The smallest absolute Gasteiger partial charge is 0.335 e. The lowest BCUT2D eigenvalue weighted by molar-refractivity contribution is -0.142. The van der Waals surface area contributed by atoms with Gasteiger partial charge in [-0.2, -0.15) is 0 Å². The molecule has 0 spiro atoms. The van der Waals surface area contributed by atoms with E-state index in [-0.39, 0.29) is 23.3 Å². The van der Waals surface area contributed by atoms with Crippen LogP contribution in [0.5, 0.6) is 0 Å². The molecule has 1 fully saturated rings. The first kappa shape index (κ1) is 19.9. The van der Waals surface area contributed by atoms with Crippen LogP contribution in [0.3, 0.4) is 0 Å². The van der Waals surface area contributed by atoms with Crippen LogP contribution in [-0.4, -0.2) is 47.4 Å². The predicted molar refractivity (Wildman–Crippen MR) is 98.9 cm³/mol. The second-order valence-electron chi connectivity index (χ2n) is 7.89. The third-order valence-electron chi connectivity index (χ3n) is 4.61. The Hall–Kier alpha value is -2.37. The van der Waals surface area contributed by atoms with Crippen LogP contribution in [0.2, 0.25) is 0 Å². The molecule has 1 aromatic rings. The van der Waals surface area contributed by atoms with Gasteiger partial charge in [-0.3, -0.25) is 9.59 Å². The SMILES string of the molecule is CC(C)(C)C(=O)N1CCCC(C(=O)NCCc2cccc(C(=O)O)c2)C1. The lowest BCUT2D eigenvalue weighted by Gasteiger charge is -2.35. The zero-order chi connectivity index (χ0) is 19.3. The predicted octanol–water partition coefficient (Wildman–Crippen LogP) is 2.33. The second kappa shape index (κ2) is 8.34. The van der Waals surface area contributed by atoms with Crippen molar-refractivity contribution in [2.45, 2.75) is 40.0 Å². The van der Waals surface area contributed by atoms with Gasteiger partial charge in [0, 0.05) is 25.0 Å². The summed E-state index contributed by atoms with van der Waals surface area (Å²) in [6.07, 6.45) is 2.19. The number of aromatic carboxylic acids is 1. The normalized spacial score (nSPS) is 17.7. The molecule has 2 N–H and O–H groups in total. The maximum Gasteiger partial charge on any atom is 0.335 e. The Morgan fingerprint density at radius 1 is 1.27 bits per heavy atom. The van der Waals surface area contributed by atoms with Gasteiger partial charge in [0.25, 0.3) is 0 Å². The van der Waals surface area contributed by atoms with E-state index in [1.165, 1.54) is 0 Å². The molecule has 0 saturated carbocycles. The fourth-order valence-corrected chi connectivity index (χ4v) is 3.18. The summed E-state index contributed by atoms with van der Waals surface area (Å²) < 4.78 is 0. The molecule has 2 amide bonds. The van der Waals surface area contributed by atoms with Crippen molar-refractivity contribution >= 4 is 17.8 Å². The third-order valence-corrected chi connectivity index (χ3v) is 4.61. The van der Waals surface area contributed by atoms with E-state index in [9.17, 15) is 14.4 Å². The summed E-state index contributed by atoms with van der Waals surface area (Å²) in [5, 5.41) is 11.9. The quantitative estimate of drug-likeness (QED) is 0.844. The molecule has 0 bridgehead atoms. The fraction of sp³-hybridized carbons (Fsp3) is 0.550. The van der Waals surface area contributed by atoms with Crippen molar-refractivity contribution in [3.05, 3.63) is 35.4 Å². The van der Waals surface area contributed by atoms with Gasteiger partial charge in [0.05, 0.1) is 11.5 Å². The van der Waals surface area contributed by atoms with E-state index in [1.54, 1.807) is 23.1 Å². The highest BCUT2D eigenvalue weighted by Gasteiger charge is 2.33. The number of hydrogen-bond acceptors (Lipinski definition) is 3. The minimum atomic E-state index is -0.957. The van der Waals surface area contributed by atoms with Crippen LogP contribution in [-0.2, 0) is 16.0 Å². The largest absolute Gasteiger partial charge is 0.478 e. The Labute approximate surface area is 154 Å². The average molecular weight is 360 g/mol. The number of carbonyl (C=O) groups is 3. The minimum absolute atomic E-state index is 0.0363. The molecule has 26 heavy (non-hydrogen) atoms. The van der Waals surface area contributed by atoms with E-state index >= 15 is 0 Å². The van der Waals surface area contributed by atoms with Crippen molar-refractivity contribution < 1.29 is 19.5 Å². The van der Waals surface area contributed by atoms with E-state index in [0.717, 1.165) is 18.4 Å². The minimum Gasteiger partial charge on any atom is -0.478 e. The third kappa shape index (κ3) is 5.31. The molecule has 1 aliphatic heterocycles. The number of nitrogens with zero attached hydrogens (tertiary/aromatic N) is 1. The molecule has 1 atom stereocenters. The molecule has 142 valence electrons. The summed E-state index contributed by atoms with van der Waals surface area (Å²) >= 11 is 0. The van der Waals surface area contributed by atoms with Gasteiger partial charge in [0.1, 0.15) is 0 Å². The topological polar surface area (TPSA) is 86.7 Å². The Morgan fingerprint density at radius 2 is 2.00 bits per heavy atom. The first-order chi connectivity index (χ1) is 12.2. The van der Waals surface area contributed by atoms with E-state index in [2.05, 4.69) is 5.32 Å². The highest BCUT2D eigenvalue weighted by Crippen LogP contribution is 2.23. The summed E-state index contributed by atoms with van der Waals surface area (Å²) in [5.74, 6) is -1.09. The summed E-state index contributed by atoms with van der Waals surface area (Å²) in [7, 11) is 0. The van der Waals surface area contributed by atoms with E-state index in [0.29, 0.717) is 26.1 Å². The lowest BCUT2D eigenvalue weighted by Crippen LogP contribution is -2.48. The van der Waals surface area contributed by atoms with Crippen LogP contribution in [0, 0.1) is 11.3 Å². The first-order valence-electron chi connectivity index (χ1n) is 9.08. The molecular weight excluding hydrogens is 332 g/mol. The molecule has 1 aliphatic rings. The molecule has 1 unspecified atom stereocenters. The van der Waals surface area contributed by atoms with Crippen molar-refractivity contribution in [3.8, 4) is 0 Å². The van der Waals surface area contributed by atoms with Crippen LogP contribution in [0.25, 0.3) is 0 Å². The molecule has 6 heteroatoms. The average Bonchev–Trinajstić information content (AvgIpc) is 2.60. The molecule has 0 radical (unpaired) electrons. The van der Waals surface area contributed by atoms with E-state index in [4.69, 9.17) is 5.11 Å². The van der Waals surface area contributed by atoms with Crippen LogP contribution in [0.15, 0.2) is 24.3 Å². The van der Waals surface area contributed by atoms with Gasteiger partial charge >= 0.3 is 5.97 Å². The van der Waals surface area contributed by atoms with Gasteiger partial charge in [-0.05, 0) is 37.0 Å². The van der Waals surface area contributed by atoms with Crippen LogP contribution >= 0.6 is 0 Å². The number of carbonyl (C=O) groups excluding carboxylic acids is 2. The standard InChI is InChI=1S/C20H28N2O4/c1-20(2,3)19(26)22-11-5-8-16(13-22)17(23)21-10-9-14-6-4-7-15(12-14)18(24)25/h4,6-7,12,16H,5,8-11,13H2,1-3H3,(H,21,23)(H,24,25). The number of likely N-dealkylation sites (tertiary alicyclic amines) is 1. The lowest BCUT2D eigenvalue weighted by atomic mass is 9.91. The number of rotatable bonds is 5. The van der Waals surface area contributed by atoms with Crippen molar-refractivity contribution in [2.75, 3.05) is 19.6 Å². The van der Waals surface area contributed by atoms with Crippen LogP contribution in [0.4, 0.5) is 0 Å². The Bertz CT molecular complexity index is 679. The van der Waals surface area contributed by atoms with Crippen molar-refractivity contribution in [2.24, 2.45) is 11.3 Å². The highest BCUT2D eigenvalue weighted by molar-refractivity contribution is 5.87. The number of carboxylic acid groups (broad SMARTS) is 1.